The first-order valence-electron chi connectivity index (χ1n) is 7.49. The van der Waals surface area contributed by atoms with E-state index in [1.165, 1.54) is 12.1 Å². The number of nitrogens with zero attached hydrogens (tertiary/aromatic N) is 2. The fraction of sp³-hybridized carbons (Fsp3) is 0.533. The molecule has 1 aromatic carbocycles. The van der Waals surface area contributed by atoms with Gasteiger partial charge in [0.1, 0.15) is 0 Å². The van der Waals surface area contributed by atoms with Crippen molar-refractivity contribution >= 4 is 23.5 Å². The highest BCUT2D eigenvalue weighted by Crippen LogP contribution is 2.22. The summed E-state index contributed by atoms with van der Waals surface area (Å²) >= 11 is 1.87. The van der Waals surface area contributed by atoms with E-state index in [9.17, 15) is 14.9 Å². The van der Waals surface area contributed by atoms with Gasteiger partial charge in [0.25, 0.3) is 5.69 Å². The SMILES string of the molecule is CCC(NC(=O)N1CCCSCC1)c1cccc([N+](=O)[O-])c1. The van der Waals surface area contributed by atoms with Crippen LogP contribution in [0.25, 0.3) is 0 Å². The van der Waals surface area contributed by atoms with Gasteiger partial charge < -0.3 is 10.2 Å². The fourth-order valence-electron chi connectivity index (χ4n) is 2.47. The molecule has 1 fully saturated rings. The van der Waals surface area contributed by atoms with Crippen LogP contribution in [-0.4, -0.2) is 40.4 Å². The van der Waals surface area contributed by atoms with E-state index in [0.29, 0.717) is 6.42 Å². The summed E-state index contributed by atoms with van der Waals surface area (Å²) in [4.78, 5) is 24.7. The Morgan fingerprint density at radius 3 is 3.00 bits per heavy atom. The van der Waals surface area contributed by atoms with Gasteiger partial charge in [0, 0.05) is 31.0 Å². The smallest absolute Gasteiger partial charge is 0.317 e. The van der Waals surface area contributed by atoms with Gasteiger partial charge in [0.05, 0.1) is 11.0 Å². The average Bonchev–Trinajstić information content (AvgIpc) is 2.81. The molecule has 0 saturated carbocycles. The molecular weight excluding hydrogens is 302 g/mol. The molecule has 0 radical (unpaired) electrons. The molecule has 2 amide bonds. The third-order valence-electron chi connectivity index (χ3n) is 3.70. The van der Waals surface area contributed by atoms with Crippen LogP contribution in [0.15, 0.2) is 24.3 Å². The van der Waals surface area contributed by atoms with Crippen LogP contribution >= 0.6 is 11.8 Å². The highest BCUT2D eigenvalue weighted by Gasteiger charge is 2.20. The number of amides is 2. The van der Waals surface area contributed by atoms with Crippen LogP contribution in [0.5, 0.6) is 0 Å². The summed E-state index contributed by atoms with van der Waals surface area (Å²) in [6, 6.07) is 6.19. The van der Waals surface area contributed by atoms with Crippen molar-refractivity contribution in [2.45, 2.75) is 25.8 Å². The van der Waals surface area contributed by atoms with Gasteiger partial charge in [-0.15, -0.1) is 0 Å². The van der Waals surface area contributed by atoms with E-state index in [2.05, 4.69) is 5.32 Å². The van der Waals surface area contributed by atoms with Gasteiger partial charge in [-0.3, -0.25) is 10.1 Å². The Hall–Kier alpha value is -1.76. The van der Waals surface area contributed by atoms with E-state index in [1.807, 2.05) is 29.7 Å². The van der Waals surface area contributed by atoms with E-state index in [1.54, 1.807) is 6.07 Å². The zero-order valence-corrected chi connectivity index (χ0v) is 13.5. The molecule has 1 atom stereocenters. The Bertz CT molecular complexity index is 531. The fourth-order valence-corrected chi connectivity index (χ4v) is 3.35. The molecular formula is C15H21N3O3S. The normalized spacial score (nSPS) is 16.7. The van der Waals surface area contributed by atoms with Gasteiger partial charge in [-0.25, -0.2) is 4.79 Å². The Morgan fingerprint density at radius 1 is 1.45 bits per heavy atom. The Morgan fingerprint density at radius 2 is 2.27 bits per heavy atom. The summed E-state index contributed by atoms with van der Waals surface area (Å²) in [5.41, 5.74) is 0.825. The lowest BCUT2D eigenvalue weighted by molar-refractivity contribution is -0.384. The second kappa shape index (κ2) is 8.03. The maximum Gasteiger partial charge on any atom is 0.317 e. The molecule has 0 spiro atoms. The van der Waals surface area contributed by atoms with Crippen molar-refractivity contribution in [2.75, 3.05) is 24.6 Å². The third kappa shape index (κ3) is 4.37. The minimum atomic E-state index is -0.413. The van der Waals surface area contributed by atoms with E-state index in [0.717, 1.165) is 36.6 Å². The van der Waals surface area contributed by atoms with Crippen molar-refractivity contribution in [3.8, 4) is 0 Å². The van der Waals surface area contributed by atoms with Crippen LogP contribution < -0.4 is 5.32 Å². The molecule has 0 aromatic heterocycles. The number of urea groups is 1. The van der Waals surface area contributed by atoms with Crippen molar-refractivity contribution in [3.05, 3.63) is 39.9 Å². The number of nitrogens with one attached hydrogen (secondary N) is 1. The van der Waals surface area contributed by atoms with Crippen LogP contribution in [0.2, 0.25) is 0 Å². The molecule has 1 aromatic rings. The highest BCUT2D eigenvalue weighted by atomic mass is 32.2. The summed E-state index contributed by atoms with van der Waals surface area (Å²) in [6.07, 6.45) is 1.70. The first-order valence-corrected chi connectivity index (χ1v) is 8.65. The highest BCUT2D eigenvalue weighted by molar-refractivity contribution is 7.99. The molecule has 2 rings (SSSR count). The number of non-ortho nitro benzene ring substituents is 1. The summed E-state index contributed by atoms with van der Waals surface area (Å²) < 4.78 is 0. The molecule has 22 heavy (non-hydrogen) atoms. The Labute approximate surface area is 134 Å². The molecule has 1 saturated heterocycles. The molecule has 7 heteroatoms. The second-order valence-corrected chi connectivity index (χ2v) is 6.44. The molecule has 0 aliphatic carbocycles. The standard InChI is InChI=1S/C15H21N3O3S/c1-2-14(12-5-3-6-13(11-12)18(20)21)16-15(19)17-7-4-9-22-10-8-17/h3,5-6,11,14H,2,4,7-10H2,1H3,(H,16,19). The van der Waals surface area contributed by atoms with Crippen molar-refractivity contribution in [1.29, 1.82) is 0 Å². The van der Waals surface area contributed by atoms with Gasteiger partial charge in [0.15, 0.2) is 0 Å². The number of benzene rings is 1. The summed E-state index contributed by atoms with van der Waals surface area (Å²) in [5.74, 6) is 2.05. The number of carbonyl (C=O) groups excluding carboxylic acids is 1. The number of nitro groups is 1. The molecule has 1 heterocycles. The first kappa shape index (κ1) is 16.6. The second-order valence-electron chi connectivity index (χ2n) is 5.22. The first-order chi connectivity index (χ1) is 10.6. The van der Waals surface area contributed by atoms with E-state index in [-0.39, 0.29) is 17.8 Å². The predicted molar refractivity (Wildman–Crippen MR) is 88.2 cm³/mol. The monoisotopic (exact) mass is 323 g/mol. The van der Waals surface area contributed by atoms with Crippen LogP contribution in [-0.2, 0) is 0 Å². The van der Waals surface area contributed by atoms with E-state index < -0.39 is 4.92 Å². The topological polar surface area (TPSA) is 75.5 Å². The van der Waals surface area contributed by atoms with Gasteiger partial charge >= 0.3 is 6.03 Å². The quantitative estimate of drug-likeness (QED) is 0.682. The van der Waals surface area contributed by atoms with Crippen molar-refractivity contribution < 1.29 is 9.72 Å². The molecule has 1 aliphatic rings. The lowest BCUT2D eigenvalue weighted by Gasteiger charge is -2.25. The number of nitro benzene ring substituents is 1. The Balaban J connectivity index is 2.06. The number of rotatable bonds is 4. The largest absolute Gasteiger partial charge is 0.331 e. The van der Waals surface area contributed by atoms with Crippen LogP contribution in [0.1, 0.15) is 31.4 Å². The van der Waals surface area contributed by atoms with Gasteiger partial charge in [-0.05, 0) is 24.2 Å². The number of thioether (sulfide) groups is 1. The Kier molecular flexibility index (Phi) is 6.06. The molecule has 1 N–H and O–H groups in total. The lowest BCUT2D eigenvalue weighted by Crippen LogP contribution is -2.42. The molecule has 1 unspecified atom stereocenters. The van der Waals surface area contributed by atoms with Crippen molar-refractivity contribution in [2.24, 2.45) is 0 Å². The molecule has 1 aliphatic heterocycles. The maximum absolute atomic E-state index is 12.4. The number of hydrogen-bond acceptors (Lipinski definition) is 4. The molecule has 0 bridgehead atoms. The van der Waals surface area contributed by atoms with Gasteiger partial charge in [-0.2, -0.15) is 11.8 Å². The zero-order chi connectivity index (χ0) is 15.9. The van der Waals surface area contributed by atoms with Crippen molar-refractivity contribution in [3.63, 3.8) is 0 Å². The molecule has 6 nitrogen and oxygen atoms in total. The summed E-state index contributed by atoms with van der Waals surface area (Å²) in [7, 11) is 0. The van der Waals surface area contributed by atoms with Crippen molar-refractivity contribution in [1.82, 2.24) is 10.2 Å². The third-order valence-corrected chi connectivity index (χ3v) is 4.75. The molecule has 120 valence electrons. The van der Waals surface area contributed by atoms with E-state index >= 15 is 0 Å². The van der Waals surface area contributed by atoms with Gasteiger partial charge in [-0.1, -0.05) is 19.1 Å². The van der Waals surface area contributed by atoms with Crippen LogP contribution in [0.4, 0.5) is 10.5 Å². The minimum Gasteiger partial charge on any atom is -0.331 e. The number of hydrogen-bond donors (Lipinski definition) is 1. The van der Waals surface area contributed by atoms with E-state index in [4.69, 9.17) is 0 Å². The maximum atomic E-state index is 12.4. The van der Waals surface area contributed by atoms with Gasteiger partial charge in [0.2, 0.25) is 0 Å². The number of carbonyl (C=O) groups is 1. The zero-order valence-electron chi connectivity index (χ0n) is 12.7. The summed E-state index contributed by atoms with van der Waals surface area (Å²) in [5, 5.41) is 13.9. The lowest BCUT2D eigenvalue weighted by atomic mass is 10.0. The predicted octanol–water partition coefficient (Wildman–Crippen LogP) is 3.19. The summed E-state index contributed by atoms with van der Waals surface area (Å²) in [6.45, 7) is 3.48. The van der Waals surface area contributed by atoms with Crippen LogP contribution in [0, 0.1) is 10.1 Å². The minimum absolute atomic E-state index is 0.0522. The van der Waals surface area contributed by atoms with Crippen LogP contribution in [0.3, 0.4) is 0 Å². The average molecular weight is 323 g/mol.